The van der Waals surface area contributed by atoms with Crippen molar-refractivity contribution in [3.63, 3.8) is 0 Å². The van der Waals surface area contributed by atoms with Gasteiger partial charge in [-0.1, -0.05) is 26.0 Å². The largest absolute Gasteiger partial charge is 0.491 e. The first kappa shape index (κ1) is 19.2. The van der Waals surface area contributed by atoms with Gasteiger partial charge in [-0.2, -0.15) is 0 Å². The number of amides is 1. The van der Waals surface area contributed by atoms with Crippen molar-refractivity contribution < 1.29 is 14.3 Å². The number of benzene rings is 1. The number of ether oxygens (including phenoxy) is 1. The second-order valence-electron chi connectivity index (χ2n) is 6.27. The molecule has 0 heterocycles. The first-order valence-corrected chi connectivity index (χ1v) is 8.06. The first-order chi connectivity index (χ1) is 10.8. The van der Waals surface area contributed by atoms with Crippen LogP contribution in [0.1, 0.15) is 40.2 Å². The Balaban J connectivity index is 2.72. The Hall–Kier alpha value is -1.88. The van der Waals surface area contributed by atoms with E-state index in [1.54, 1.807) is 0 Å². The van der Waals surface area contributed by atoms with Crippen LogP contribution in [0.2, 0.25) is 0 Å². The molecular formula is C18H28N2O3. The molecular weight excluding hydrogens is 292 g/mol. The van der Waals surface area contributed by atoms with Crippen molar-refractivity contribution in [1.29, 1.82) is 0 Å². The lowest BCUT2D eigenvalue weighted by Crippen LogP contribution is -2.46. The lowest BCUT2D eigenvalue weighted by atomic mass is 10.0. The summed E-state index contributed by atoms with van der Waals surface area (Å²) in [5.41, 5.74) is 0.984. The summed E-state index contributed by atoms with van der Waals surface area (Å²) in [5, 5.41) is 5.83. The Morgan fingerprint density at radius 2 is 1.70 bits per heavy atom. The minimum absolute atomic E-state index is 0.0172. The second-order valence-corrected chi connectivity index (χ2v) is 6.27. The summed E-state index contributed by atoms with van der Waals surface area (Å²) in [6.45, 7) is 9.58. The molecule has 23 heavy (non-hydrogen) atoms. The Kier molecular flexibility index (Phi) is 7.75. The highest BCUT2D eigenvalue weighted by atomic mass is 16.5. The maximum absolute atomic E-state index is 12.3. The molecule has 5 heteroatoms. The Morgan fingerprint density at radius 3 is 2.17 bits per heavy atom. The van der Waals surface area contributed by atoms with Crippen LogP contribution >= 0.6 is 0 Å². The number of hydrogen-bond donors (Lipinski definition) is 2. The van der Waals surface area contributed by atoms with Crippen molar-refractivity contribution in [2.75, 3.05) is 6.54 Å². The Bertz CT molecular complexity index is 510. The molecule has 0 fully saturated rings. The van der Waals surface area contributed by atoms with Crippen LogP contribution in [-0.4, -0.2) is 36.4 Å². The fourth-order valence-electron chi connectivity index (χ4n) is 2.13. The molecule has 1 rings (SSSR count). The van der Waals surface area contributed by atoms with Gasteiger partial charge in [-0.3, -0.25) is 9.59 Å². The van der Waals surface area contributed by atoms with Crippen molar-refractivity contribution in [3.8, 4) is 5.75 Å². The highest BCUT2D eigenvalue weighted by Crippen LogP contribution is 2.15. The van der Waals surface area contributed by atoms with Crippen LogP contribution in [0.25, 0.3) is 0 Å². The number of ketones is 1. The van der Waals surface area contributed by atoms with E-state index in [9.17, 15) is 9.59 Å². The van der Waals surface area contributed by atoms with Gasteiger partial charge < -0.3 is 15.4 Å². The monoisotopic (exact) mass is 320 g/mol. The van der Waals surface area contributed by atoms with Gasteiger partial charge in [0.05, 0.1) is 18.7 Å². The van der Waals surface area contributed by atoms with Crippen LogP contribution in [0.5, 0.6) is 5.75 Å². The molecule has 1 atom stereocenters. The Labute approximate surface area is 138 Å². The topological polar surface area (TPSA) is 67.4 Å². The molecule has 1 aromatic rings. The minimum atomic E-state index is -0.518. The predicted octanol–water partition coefficient (Wildman–Crippen LogP) is 2.09. The highest BCUT2D eigenvalue weighted by molar-refractivity contribution is 5.90. The molecule has 1 aromatic carbocycles. The van der Waals surface area contributed by atoms with Gasteiger partial charge in [0.2, 0.25) is 5.91 Å². The van der Waals surface area contributed by atoms with Gasteiger partial charge in [0, 0.05) is 13.0 Å². The molecule has 0 aliphatic rings. The summed E-state index contributed by atoms with van der Waals surface area (Å²) in [5.74, 6) is 0.580. The number of carbonyl (C=O) groups excluding carboxylic acids is 2. The normalized spacial score (nSPS) is 12.3. The maximum atomic E-state index is 12.3. The van der Waals surface area contributed by atoms with Crippen molar-refractivity contribution in [2.24, 2.45) is 0 Å². The minimum Gasteiger partial charge on any atom is -0.491 e. The van der Waals surface area contributed by atoms with Gasteiger partial charge in [0.25, 0.3) is 0 Å². The molecule has 0 spiro atoms. The standard InChI is InChI=1S/C18H28N2O3/c1-12(2)19-11-18(22)17(20-14(5)21)10-15-6-8-16(9-7-15)23-13(3)4/h6-9,12-13,17,19H,10-11H2,1-5H3,(H,20,21)/t17-/m1/s1. The zero-order valence-electron chi connectivity index (χ0n) is 14.7. The number of nitrogens with one attached hydrogen (secondary N) is 2. The van der Waals surface area contributed by atoms with Gasteiger partial charge >= 0.3 is 0 Å². The second kappa shape index (κ2) is 9.30. The summed E-state index contributed by atoms with van der Waals surface area (Å²) in [4.78, 5) is 23.7. The van der Waals surface area contributed by atoms with E-state index in [1.165, 1.54) is 6.92 Å². The van der Waals surface area contributed by atoms with E-state index in [-0.39, 0.29) is 30.4 Å². The van der Waals surface area contributed by atoms with Gasteiger partial charge in [0.1, 0.15) is 5.75 Å². The summed E-state index contributed by atoms with van der Waals surface area (Å²) in [6.07, 6.45) is 0.594. The molecule has 0 saturated carbocycles. The molecule has 0 aliphatic carbocycles. The van der Waals surface area contributed by atoms with Gasteiger partial charge in [-0.25, -0.2) is 0 Å². The van der Waals surface area contributed by atoms with Crippen molar-refractivity contribution >= 4 is 11.7 Å². The van der Waals surface area contributed by atoms with Gasteiger partial charge in [-0.05, 0) is 38.0 Å². The van der Waals surface area contributed by atoms with E-state index in [2.05, 4.69) is 10.6 Å². The quantitative estimate of drug-likeness (QED) is 0.731. The summed E-state index contributed by atoms with van der Waals surface area (Å²) in [7, 11) is 0. The van der Waals surface area contributed by atoms with E-state index < -0.39 is 6.04 Å². The van der Waals surface area contributed by atoms with Crippen LogP contribution in [0.4, 0.5) is 0 Å². The molecule has 0 radical (unpaired) electrons. The smallest absolute Gasteiger partial charge is 0.217 e. The van der Waals surface area contributed by atoms with Crippen molar-refractivity contribution in [3.05, 3.63) is 29.8 Å². The molecule has 0 unspecified atom stereocenters. The van der Waals surface area contributed by atoms with Crippen LogP contribution < -0.4 is 15.4 Å². The van der Waals surface area contributed by atoms with E-state index >= 15 is 0 Å². The van der Waals surface area contributed by atoms with E-state index in [4.69, 9.17) is 4.74 Å². The molecule has 0 aromatic heterocycles. The van der Waals surface area contributed by atoms with E-state index in [1.807, 2.05) is 52.0 Å². The van der Waals surface area contributed by atoms with Gasteiger partial charge in [0.15, 0.2) is 5.78 Å². The molecule has 0 aliphatic heterocycles. The zero-order valence-corrected chi connectivity index (χ0v) is 14.7. The third-order valence-electron chi connectivity index (χ3n) is 3.19. The van der Waals surface area contributed by atoms with Crippen LogP contribution in [-0.2, 0) is 16.0 Å². The number of hydrogen-bond acceptors (Lipinski definition) is 4. The summed E-state index contributed by atoms with van der Waals surface area (Å²) < 4.78 is 5.60. The van der Waals surface area contributed by atoms with Gasteiger partial charge in [-0.15, -0.1) is 0 Å². The lowest BCUT2D eigenvalue weighted by molar-refractivity contribution is -0.126. The van der Waals surface area contributed by atoms with E-state index in [0.29, 0.717) is 6.42 Å². The summed E-state index contributed by atoms with van der Waals surface area (Å²) >= 11 is 0. The van der Waals surface area contributed by atoms with Crippen molar-refractivity contribution in [2.45, 2.75) is 59.2 Å². The average molecular weight is 320 g/mol. The van der Waals surface area contributed by atoms with Crippen LogP contribution in [0.15, 0.2) is 24.3 Å². The summed E-state index contributed by atoms with van der Waals surface area (Å²) in [6, 6.07) is 7.33. The first-order valence-electron chi connectivity index (χ1n) is 8.06. The molecule has 1 amide bonds. The third kappa shape index (κ3) is 7.79. The lowest BCUT2D eigenvalue weighted by Gasteiger charge is -2.18. The number of rotatable bonds is 9. The number of carbonyl (C=O) groups is 2. The molecule has 128 valence electrons. The fourth-order valence-corrected chi connectivity index (χ4v) is 2.13. The highest BCUT2D eigenvalue weighted by Gasteiger charge is 2.19. The van der Waals surface area contributed by atoms with Crippen molar-refractivity contribution in [1.82, 2.24) is 10.6 Å². The third-order valence-corrected chi connectivity index (χ3v) is 3.19. The molecule has 2 N–H and O–H groups in total. The fraction of sp³-hybridized carbons (Fsp3) is 0.556. The zero-order chi connectivity index (χ0) is 17.4. The molecule has 0 bridgehead atoms. The number of Topliss-reactive ketones (excluding diaryl/α,β-unsaturated/α-hetero) is 1. The van der Waals surface area contributed by atoms with Crippen LogP contribution in [0.3, 0.4) is 0 Å². The van der Waals surface area contributed by atoms with E-state index in [0.717, 1.165) is 11.3 Å². The van der Waals surface area contributed by atoms with Crippen LogP contribution in [0, 0.1) is 0 Å². The SMILES string of the molecule is CC(=O)N[C@H](Cc1ccc(OC(C)C)cc1)C(=O)CNC(C)C. The molecule has 0 saturated heterocycles. The maximum Gasteiger partial charge on any atom is 0.217 e. The Morgan fingerprint density at radius 1 is 1.09 bits per heavy atom. The average Bonchev–Trinajstić information content (AvgIpc) is 2.45. The molecule has 5 nitrogen and oxygen atoms in total. The predicted molar refractivity (Wildman–Crippen MR) is 91.7 cm³/mol.